The van der Waals surface area contributed by atoms with E-state index in [1.54, 1.807) is 0 Å². The normalized spacial score (nSPS) is 12.1. The van der Waals surface area contributed by atoms with Gasteiger partial charge in [0.2, 0.25) is 0 Å². The first kappa shape index (κ1) is 20.6. The van der Waals surface area contributed by atoms with Crippen LogP contribution in [-0.2, 0) is 12.4 Å². The molecule has 0 fully saturated rings. The zero-order valence-electron chi connectivity index (χ0n) is 14.0. The van der Waals surface area contributed by atoms with Gasteiger partial charge >= 0.3 is 12.4 Å². The van der Waals surface area contributed by atoms with Gasteiger partial charge < -0.3 is 10.3 Å². The molecule has 1 amide bonds. The van der Waals surface area contributed by atoms with Gasteiger partial charge in [0.05, 0.1) is 11.1 Å². The number of alkyl halides is 6. The molecule has 0 atom stereocenters. The van der Waals surface area contributed by atoms with Crippen molar-refractivity contribution in [3.8, 4) is 10.6 Å². The maximum Gasteiger partial charge on any atom is 0.417 e. The van der Waals surface area contributed by atoms with E-state index in [4.69, 9.17) is 0 Å². The molecule has 2 N–H and O–H groups in total. The van der Waals surface area contributed by atoms with E-state index < -0.39 is 40.6 Å². The molecule has 0 saturated carbocycles. The number of aromatic nitrogens is 2. The fourth-order valence-corrected chi connectivity index (χ4v) is 3.06. The molecule has 152 valence electrons. The lowest BCUT2D eigenvalue weighted by Gasteiger charge is -2.08. The van der Waals surface area contributed by atoms with Gasteiger partial charge in [-0.1, -0.05) is 12.1 Å². The summed E-state index contributed by atoms with van der Waals surface area (Å²) in [5.41, 5.74) is -3.82. The molecule has 3 aromatic rings. The van der Waals surface area contributed by atoms with Gasteiger partial charge in [-0.05, 0) is 18.2 Å². The summed E-state index contributed by atoms with van der Waals surface area (Å²) in [6.07, 6.45) is -8.83. The summed E-state index contributed by atoms with van der Waals surface area (Å²) >= 11 is 0.867. The lowest BCUT2D eigenvalue weighted by molar-refractivity contribution is -0.138. The second-order valence-corrected chi connectivity index (χ2v) is 6.56. The van der Waals surface area contributed by atoms with Crippen LogP contribution in [0.5, 0.6) is 0 Å². The van der Waals surface area contributed by atoms with Crippen LogP contribution in [0.2, 0.25) is 0 Å². The molecule has 29 heavy (non-hydrogen) atoms. The lowest BCUT2D eigenvalue weighted by atomic mass is 10.1. The second kappa shape index (κ2) is 7.35. The summed E-state index contributed by atoms with van der Waals surface area (Å²) in [5.74, 6) is -0.982. The summed E-state index contributed by atoms with van der Waals surface area (Å²) in [6.45, 7) is 0. The van der Waals surface area contributed by atoms with Gasteiger partial charge in [0.15, 0.2) is 0 Å². The van der Waals surface area contributed by atoms with Gasteiger partial charge in [-0.3, -0.25) is 9.59 Å². The number of pyridine rings is 1. The maximum absolute atomic E-state index is 12.8. The van der Waals surface area contributed by atoms with Gasteiger partial charge in [0, 0.05) is 17.1 Å². The summed E-state index contributed by atoms with van der Waals surface area (Å²) in [7, 11) is 0. The molecular formula is C17H9F6N3O2S. The molecular weight excluding hydrogens is 424 g/mol. The largest absolute Gasteiger partial charge is 0.417 e. The molecule has 0 spiro atoms. The number of nitrogens with zero attached hydrogens (tertiary/aromatic N) is 1. The van der Waals surface area contributed by atoms with Gasteiger partial charge in [0.1, 0.15) is 16.4 Å². The first-order chi connectivity index (χ1) is 13.4. The van der Waals surface area contributed by atoms with Crippen LogP contribution in [0, 0.1) is 0 Å². The number of benzene rings is 1. The Bertz CT molecular complexity index is 1120. The number of amides is 1. The Morgan fingerprint density at radius 2 is 1.72 bits per heavy atom. The highest BCUT2D eigenvalue weighted by molar-refractivity contribution is 7.13. The number of aromatic amines is 1. The first-order valence-corrected chi connectivity index (χ1v) is 8.57. The van der Waals surface area contributed by atoms with Crippen molar-refractivity contribution in [3.05, 3.63) is 69.1 Å². The molecule has 2 aromatic heterocycles. The highest BCUT2D eigenvalue weighted by Crippen LogP contribution is 2.33. The van der Waals surface area contributed by atoms with Crippen molar-refractivity contribution in [1.82, 2.24) is 9.97 Å². The number of H-pyrrole nitrogens is 1. The van der Waals surface area contributed by atoms with E-state index >= 15 is 0 Å². The fraction of sp³-hybridized carbons (Fsp3) is 0.118. The van der Waals surface area contributed by atoms with E-state index in [-0.39, 0.29) is 16.3 Å². The van der Waals surface area contributed by atoms with Crippen LogP contribution >= 0.6 is 11.3 Å². The van der Waals surface area contributed by atoms with Crippen LogP contribution in [0.1, 0.15) is 21.6 Å². The predicted molar refractivity (Wildman–Crippen MR) is 92.6 cm³/mol. The van der Waals surface area contributed by atoms with Crippen molar-refractivity contribution in [2.24, 2.45) is 0 Å². The van der Waals surface area contributed by atoms with E-state index in [1.165, 1.54) is 17.5 Å². The number of thiazole rings is 1. The molecule has 0 unspecified atom stereocenters. The van der Waals surface area contributed by atoms with Crippen LogP contribution in [0.4, 0.5) is 32.0 Å². The summed E-state index contributed by atoms with van der Waals surface area (Å²) < 4.78 is 76.7. The Hall–Kier alpha value is -3.15. The third-order valence-corrected chi connectivity index (χ3v) is 4.54. The minimum atomic E-state index is -4.74. The zero-order valence-corrected chi connectivity index (χ0v) is 14.8. The van der Waals surface area contributed by atoms with Crippen LogP contribution in [0.15, 0.2) is 46.7 Å². The van der Waals surface area contributed by atoms with E-state index in [0.29, 0.717) is 12.3 Å². The highest BCUT2D eigenvalue weighted by atomic mass is 32.1. The minimum Gasteiger partial charge on any atom is -0.327 e. The Morgan fingerprint density at radius 3 is 2.38 bits per heavy atom. The number of hydrogen-bond donors (Lipinski definition) is 2. The molecule has 1 aromatic carbocycles. The molecule has 0 radical (unpaired) electrons. The van der Waals surface area contributed by atoms with Crippen LogP contribution in [0.25, 0.3) is 10.6 Å². The van der Waals surface area contributed by atoms with Crippen molar-refractivity contribution in [1.29, 1.82) is 0 Å². The molecule has 12 heteroatoms. The predicted octanol–water partition coefficient (Wildman–Crippen LogP) is 4.79. The molecule has 5 nitrogen and oxygen atoms in total. The standard InChI is InChI=1S/C17H9F6N3O2S/c18-16(19,20)9-3-1-2-8(4-9)15-26-12(7-29-15)14(28)25-11-5-10(17(21,22)23)6-24-13(11)27/h1-7H,(H,24,27)(H,25,28). The lowest BCUT2D eigenvalue weighted by Crippen LogP contribution is -2.21. The number of carbonyl (C=O) groups is 1. The summed E-state index contributed by atoms with van der Waals surface area (Å²) in [6, 6.07) is 4.76. The zero-order chi connectivity index (χ0) is 21.4. The fourth-order valence-electron chi connectivity index (χ4n) is 2.27. The van der Waals surface area contributed by atoms with Crippen molar-refractivity contribution in [2.45, 2.75) is 12.4 Å². The second-order valence-electron chi connectivity index (χ2n) is 5.70. The van der Waals surface area contributed by atoms with Crippen molar-refractivity contribution in [2.75, 3.05) is 5.32 Å². The third kappa shape index (κ3) is 4.65. The van der Waals surface area contributed by atoms with E-state index in [2.05, 4.69) is 4.98 Å². The molecule has 2 heterocycles. The Kier molecular flexibility index (Phi) is 5.22. The van der Waals surface area contributed by atoms with Crippen LogP contribution < -0.4 is 10.9 Å². The molecule has 0 aliphatic carbocycles. The molecule has 0 saturated heterocycles. The molecule has 0 aliphatic heterocycles. The number of carbonyl (C=O) groups excluding carboxylic acids is 1. The average molecular weight is 433 g/mol. The number of halogens is 6. The van der Waals surface area contributed by atoms with Crippen molar-refractivity contribution < 1.29 is 31.1 Å². The Labute approximate surface area is 162 Å². The average Bonchev–Trinajstić information content (AvgIpc) is 3.12. The van der Waals surface area contributed by atoms with E-state index in [1.807, 2.05) is 10.3 Å². The van der Waals surface area contributed by atoms with E-state index in [0.717, 1.165) is 23.5 Å². The van der Waals surface area contributed by atoms with Crippen molar-refractivity contribution in [3.63, 3.8) is 0 Å². The molecule has 0 bridgehead atoms. The molecule has 3 rings (SSSR count). The number of anilines is 1. The van der Waals surface area contributed by atoms with Gasteiger partial charge in [0.25, 0.3) is 11.5 Å². The van der Waals surface area contributed by atoms with Crippen LogP contribution in [0.3, 0.4) is 0 Å². The maximum atomic E-state index is 12.8. The number of nitrogens with one attached hydrogen (secondary N) is 2. The Morgan fingerprint density at radius 1 is 1.03 bits per heavy atom. The van der Waals surface area contributed by atoms with Crippen molar-refractivity contribution >= 4 is 22.9 Å². The monoisotopic (exact) mass is 433 g/mol. The summed E-state index contributed by atoms with van der Waals surface area (Å²) in [5, 5.41) is 3.33. The number of rotatable bonds is 3. The summed E-state index contributed by atoms with van der Waals surface area (Å²) in [4.78, 5) is 29.7. The number of hydrogen-bond acceptors (Lipinski definition) is 4. The SMILES string of the molecule is O=C(Nc1cc(C(F)(F)F)c[nH]c1=O)c1csc(-c2cccc(C(F)(F)F)c2)n1. The Balaban J connectivity index is 1.85. The van der Waals surface area contributed by atoms with Gasteiger partial charge in [-0.25, -0.2) is 4.98 Å². The van der Waals surface area contributed by atoms with Gasteiger partial charge in [-0.15, -0.1) is 11.3 Å². The first-order valence-electron chi connectivity index (χ1n) is 7.69. The molecule has 0 aliphatic rings. The van der Waals surface area contributed by atoms with E-state index in [9.17, 15) is 35.9 Å². The highest BCUT2D eigenvalue weighted by Gasteiger charge is 2.32. The van der Waals surface area contributed by atoms with Gasteiger partial charge in [-0.2, -0.15) is 26.3 Å². The third-order valence-electron chi connectivity index (χ3n) is 3.65. The van der Waals surface area contributed by atoms with Crippen LogP contribution in [-0.4, -0.2) is 15.9 Å². The smallest absolute Gasteiger partial charge is 0.327 e. The quantitative estimate of drug-likeness (QED) is 0.584. The minimum absolute atomic E-state index is 0.0965. The topological polar surface area (TPSA) is 74.8 Å².